The van der Waals surface area contributed by atoms with Crippen molar-refractivity contribution in [1.82, 2.24) is 25.0 Å². The van der Waals surface area contributed by atoms with Gasteiger partial charge in [-0.15, -0.1) is 0 Å². The normalized spacial score (nSPS) is 18.5. The van der Waals surface area contributed by atoms with Gasteiger partial charge < -0.3 is 14.6 Å². The third-order valence-corrected chi connectivity index (χ3v) is 5.99. The Morgan fingerprint density at radius 1 is 1.33 bits per heavy atom. The maximum atomic E-state index is 13.1. The number of aryl methyl sites for hydroxylation is 1. The van der Waals surface area contributed by atoms with Crippen LogP contribution in [0.3, 0.4) is 0 Å². The number of urea groups is 1. The van der Waals surface area contributed by atoms with Crippen molar-refractivity contribution in [2.45, 2.75) is 52.6 Å². The van der Waals surface area contributed by atoms with Gasteiger partial charge in [-0.2, -0.15) is 5.10 Å². The van der Waals surface area contributed by atoms with Crippen LogP contribution in [-0.2, 0) is 6.42 Å². The first-order chi connectivity index (χ1) is 14.2. The number of carbonyl (C=O) groups is 1. The van der Waals surface area contributed by atoms with E-state index < -0.39 is 0 Å². The van der Waals surface area contributed by atoms with Gasteiger partial charge in [0.05, 0.1) is 17.8 Å². The Kier molecular flexibility index (Phi) is 5.13. The lowest BCUT2D eigenvalue weighted by molar-refractivity contribution is 0.178. The van der Waals surface area contributed by atoms with Gasteiger partial charge >= 0.3 is 6.03 Å². The summed E-state index contributed by atoms with van der Waals surface area (Å²) in [5.41, 5.74) is 3.18. The quantitative estimate of drug-likeness (QED) is 0.687. The molecule has 2 heterocycles. The summed E-state index contributed by atoms with van der Waals surface area (Å²) < 4.78 is 7.60. The maximum absolute atomic E-state index is 13.1. The molecule has 1 aromatic carbocycles. The van der Waals surface area contributed by atoms with E-state index in [2.05, 4.69) is 35.3 Å². The Balaban J connectivity index is 1.47. The first-order valence-corrected chi connectivity index (χ1v) is 10.3. The number of fused-ring (bicyclic) bond motifs is 1. The second-order valence-electron chi connectivity index (χ2n) is 9.00. The van der Waals surface area contributed by atoms with E-state index >= 15 is 0 Å². The lowest BCUT2D eigenvalue weighted by atomic mass is 9.75. The van der Waals surface area contributed by atoms with Crippen LogP contribution in [0.5, 0.6) is 0 Å². The highest BCUT2D eigenvalue weighted by molar-refractivity contribution is 5.75. The average Bonchev–Trinajstić information content (AvgIpc) is 3.35. The number of hydrogen-bond donors (Lipinski definition) is 1. The molecule has 7 nitrogen and oxygen atoms in total. The van der Waals surface area contributed by atoms with E-state index in [0.717, 1.165) is 41.2 Å². The Bertz CT molecular complexity index is 1020. The van der Waals surface area contributed by atoms with Crippen molar-refractivity contribution < 1.29 is 9.21 Å². The highest BCUT2D eigenvalue weighted by Crippen LogP contribution is 2.42. The standard InChI is InChI=1S/C23H29N5O2/c1-15-10-19-20(11-23(3,4)12-21(19)30-15)26-22(29)27(5)16(2)17-6-8-18(9-7-17)28-14-24-13-25-28/h6-10,13-14,16,20H,11-12H2,1-5H3,(H,26,29)/t16-,20+/m0/s1. The molecule has 30 heavy (non-hydrogen) atoms. The zero-order valence-electron chi connectivity index (χ0n) is 18.2. The summed E-state index contributed by atoms with van der Waals surface area (Å²) in [5, 5.41) is 7.38. The van der Waals surface area contributed by atoms with Gasteiger partial charge in [0, 0.05) is 19.0 Å². The molecule has 0 saturated carbocycles. The Morgan fingerprint density at radius 3 is 2.73 bits per heavy atom. The maximum Gasteiger partial charge on any atom is 0.318 e. The number of amides is 2. The lowest BCUT2D eigenvalue weighted by Crippen LogP contribution is -2.43. The minimum Gasteiger partial charge on any atom is -0.466 e. The fourth-order valence-corrected chi connectivity index (χ4v) is 4.21. The van der Waals surface area contributed by atoms with Gasteiger partial charge in [-0.1, -0.05) is 26.0 Å². The van der Waals surface area contributed by atoms with Crippen molar-refractivity contribution in [3.63, 3.8) is 0 Å². The molecule has 1 aliphatic rings. The number of aromatic nitrogens is 3. The fourth-order valence-electron chi connectivity index (χ4n) is 4.21. The van der Waals surface area contributed by atoms with Crippen LogP contribution in [0.1, 0.15) is 61.9 Å². The van der Waals surface area contributed by atoms with Crippen molar-refractivity contribution in [3.05, 3.63) is 65.6 Å². The molecule has 2 amide bonds. The molecule has 1 N–H and O–H groups in total. The molecular formula is C23H29N5O2. The second kappa shape index (κ2) is 7.63. The molecule has 0 fully saturated rings. The van der Waals surface area contributed by atoms with Gasteiger partial charge in [-0.25, -0.2) is 14.5 Å². The van der Waals surface area contributed by atoms with E-state index in [1.54, 1.807) is 15.9 Å². The predicted molar refractivity (Wildman–Crippen MR) is 114 cm³/mol. The molecule has 0 unspecified atom stereocenters. The molecule has 7 heteroatoms. The first kappa shape index (κ1) is 20.2. The molecule has 0 bridgehead atoms. The third kappa shape index (κ3) is 3.97. The van der Waals surface area contributed by atoms with E-state index in [9.17, 15) is 4.79 Å². The summed E-state index contributed by atoms with van der Waals surface area (Å²) in [5.74, 6) is 1.89. The Hall–Kier alpha value is -3.09. The van der Waals surface area contributed by atoms with Crippen LogP contribution in [-0.4, -0.2) is 32.7 Å². The van der Waals surface area contributed by atoms with Crippen molar-refractivity contribution in [3.8, 4) is 5.69 Å². The predicted octanol–water partition coefficient (Wildman–Crippen LogP) is 4.58. The SMILES string of the molecule is Cc1cc2c(o1)CC(C)(C)C[C@H]2NC(=O)N(C)[C@@H](C)c1ccc(-n2cncn2)cc1. The van der Waals surface area contributed by atoms with Crippen LogP contribution in [0.2, 0.25) is 0 Å². The van der Waals surface area contributed by atoms with Gasteiger partial charge in [-0.3, -0.25) is 0 Å². The number of hydrogen-bond acceptors (Lipinski definition) is 4. The molecule has 2 aromatic heterocycles. The Labute approximate surface area is 177 Å². The topological polar surface area (TPSA) is 76.2 Å². The lowest BCUT2D eigenvalue weighted by Gasteiger charge is -2.36. The summed E-state index contributed by atoms with van der Waals surface area (Å²) >= 11 is 0. The number of rotatable bonds is 4. The van der Waals surface area contributed by atoms with Crippen LogP contribution in [0.4, 0.5) is 4.79 Å². The molecule has 4 rings (SSSR count). The summed E-state index contributed by atoms with van der Waals surface area (Å²) in [6.07, 6.45) is 4.95. The van der Waals surface area contributed by atoms with Crippen molar-refractivity contribution in [2.75, 3.05) is 7.05 Å². The molecule has 1 aliphatic carbocycles. The van der Waals surface area contributed by atoms with E-state index in [0.29, 0.717) is 0 Å². The fraction of sp³-hybridized carbons (Fsp3) is 0.435. The molecule has 2 atom stereocenters. The molecule has 3 aromatic rings. The highest BCUT2D eigenvalue weighted by Gasteiger charge is 2.36. The average molecular weight is 408 g/mol. The number of carbonyl (C=O) groups excluding carboxylic acids is 1. The van der Waals surface area contributed by atoms with E-state index in [-0.39, 0.29) is 23.5 Å². The van der Waals surface area contributed by atoms with Crippen molar-refractivity contribution in [2.24, 2.45) is 5.41 Å². The minimum atomic E-state index is -0.0876. The van der Waals surface area contributed by atoms with Crippen LogP contribution in [0.25, 0.3) is 5.69 Å². The van der Waals surface area contributed by atoms with E-state index in [1.807, 2.05) is 45.2 Å². The smallest absolute Gasteiger partial charge is 0.318 e. The van der Waals surface area contributed by atoms with Gasteiger partial charge in [0.25, 0.3) is 0 Å². The van der Waals surface area contributed by atoms with Gasteiger partial charge in [0.1, 0.15) is 24.2 Å². The van der Waals surface area contributed by atoms with Crippen LogP contribution < -0.4 is 5.32 Å². The number of furan rings is 1. The number of nitrogens with zero attached hydrogens (tertiary/aromatic N) is 4. The first-order valence-electron chi connectivity index (χ1n) is 10.3. The molecule has 0 radical (unpaired) electrons. The zero-order chi connectivity index (χ0) is 21.5. The van der Waals surface area contributed by atoms with Crippen LogP contribution in [0, 0.1) is 12.3 Å². The largest absolute Gasteiger partial charge is 0.466 e. The van der Waals surface area contributed by atoms with Gasteiger partial charge in [-0.05, 0) is 49.4 Å². The third-order valence-electron chi connectivity index (χ3n) is 5.99. The molecule has 0 aliphatic heterocycles. The summed E-state index contributed by atoms with van der Waals surface area (Å²) in [4.78, 5) is 18.8. The molecule has 0 saturated heterocycles. The number of nitrogens with one attached hydrogen (secondary N) is 1. The minimum absolute atomic E-state index is 0.0435. The molecular weight excluding hydrogens is 378 g/mol. The van der Waals surface area contributed by atoms with Gasteiger partial charge in [0.15, 0.2) is 0 Å². The van der Waals surface area contributed by atoms with E-state index in [1.165, 1.54) is 6.33 Å². The number of benzene rings is 1. The van der Waals surface area contributed by atoms with Crippen LogP contribution in [0.15, 0.2) is 47.4 Å². The summed E-state index contributed by atoms with van der Waals surface area (Å²) in [7, 11) is 1.83. The molecule has 0 spiro atoms. The zero-order valence-corrected chi connectivity index (χ0v) is 18.2. The van der Waals surface area contributed by atoms with Gasteiger partial charge in [0.2, 0.25) is 0 Å². The Morgan fingerprint density at radius 2 is 2.07 bits per heavy atom. The monoisotopic (exact) mass is 407 g/mol. The van der Waals surface area contributed by atoms with E-state index in [4.69, 9.17) is 4.42 Å². The van der Waals surface area contributed by atoms with Crippen molar-refractivity contribution >= 4 is 6.03 Å². The van der Waals surface area contributed by atoms with Crippen LogP contribution >= 0.6 is 0 Å². The summed E-state index contributed by atoms with van der Waals surface area (Å²) in [6.45, 7) is 8.43. The molecule has 158 valence electrons. The van der Waals surface area contributed by atoms with Crippen molar-refractivity contribution in [1.29, 1.82) is 0 Å². The second-order valence-corrected chi connectivity index (χ2v) is 9.00. The summed E-state index contributed by atoms with van der Waals surface area (Å²) in [6, 6.07) is 9.86. The highest BCUT2D eigenvalue weighted by atomic mass is 16.3.